The van der Waals surface area contributed by atoms with Gasteiger partial charge in [-0.05, 0) is 32.1 Å². The highest BCUT2D eigenvalue weighted by Gasteiger charge is 2.19. The van der Waals surface area contributed by atoms with Gasteiger partial charge in [-0.15, -0.1) is 0 Å². The Morgan fingerprint density at radius 3 is 2.37 bits per heavy atom. The largest absolute Gasteiger partial charge is 0.320 e. The van der Waals surface area contributed by atoms with Crippen LogP contribution in [0.3, 0.4) is 0 Å². The zero-order valence-corrected chi connectivity index (χ0v) is 13.1. The predicted molar refractivity (Wildman–Crippen MR) is 80.2 cm³/mol. The molecule has 0 radical (unpaired) electrons. The Morgan fingerprint density at radius 2 is 1.84 bits per heavy atom. The maximum Gasteiger partial charge on any atom is 0.301 e. The van der Waals surface area contributed by atoms with E-state index in [1.165, 1.54) is 11.4 Å². The fourth-order valence-corrected chi connectivity index (χ4v) is 3.01. The van der Waals surface area contributed by atoms with Crippen molar-refractivity contribution < 1.29 is 8.42 Å². The summed E-state index contributed by atoms with van der Waals surface area (Å²) < 4.78 is 27.8. The van der Waals surface area contributed by atoms with Gasteiger partial charge >= 0.3 is 10.2 Å². The average molecular weight is 326 g/mol. The molecule has 2 N–H and O–H groups in total. The summed E-state index contributed by atoms with van der Waals surface area (Å²) in [5.74, 6) is 0. The first-order chi connectivity index (χ1) is 8.88. The molecule has 0 spiro atoms. The van der Waals surface area contributed by atoms with Crippen molar-refractivity contribution in [3.8, 4) is 0 Å². The van der Waals surface area contributed by atoms with Crippen LogP contribution in [0.25, 0.3) is 0 Å². The van der Waals surface area contributed by atoms with Crippen LogP contribution in [0, 0.1) is 0 Å². The molecule has 1 aromatic carbocycles. The molecule has 0 aliphatic heterocycles. The number of rotatable bonds is 7. The maximum atomic E-state index is 12.1. The van der Waals surface area contributed by atoms with Gasteiger partial charge in [0.15, 0.2) is 0 Å². The van der Waals surface area contributed by atoms with Crippen LogP contribution in [0.5, 0.6) is 0 Å². The standard InChI is InChI=1S/C11H17Cl2N3O2S/c1-14-7-4-8-16(2)19(17,18)15-11-9(12)5-3-6-10(11)13/h3,5-6,14-15H,4,7-8H2,1-2H3. The second-order valence-corrected chi connectivity index (χ2v) is 6.57. The Kier molecular flexibility index (Phi) is 6.35. The fourth-order valence-electron chi connectivity index (χ4n) is 1.40. The summed E-state index contributed by atoms with van der Waals surface area (Å²) in [4.78, 5) is 0. The van der Waals surface area contributed by atoms with Gasteiger partial charge in [-0.1, -0.05) is 29.3 Å². The lowest BCUT2D eigenvalue weighted by Crippen LogP contribution is -2.34. The number of halogens is 2. The molecule has 0 aromatic heterocycles. The molecule has 0 heterocycles. The van der Waals surface area contributed by atoms with Crippen LogP contribution < -0.4 is 10.0 Å². The number of nitrogens with zero attached hydrogens (tertiary/aromatic N) is 1. The molecule has 8 heteroatoms. The van der Waals surface area contributed by atoms with E-state index in [9.17, 15) is 8.42 Å². The van der Waals surface area contributed by atoms with Crippen LogP contribution in [0.15, 0.2) is 18.2 Å². The molecule has 0 fully saturated rings. The van der Waals surface area contributed by atoms with Crippen LogP contribution in [0.4, 0.5) is 5.69 Å². The quantitative estimate of drug-likeness (QED) is 0.755. The Bertz CT molecular complexity index is 502. The minimum atomic E-state index is -3.65. The first kappa shape index (κ1) is 16.5. The van der Waals surface area contributed by atoms with E-state index in [0.717, 1.165) is 6.54 Å². The van der Waals surface area contributed by atoms with Crippen LogP contribution in [0.1, 0.15) is 6.42 Å². The van der Waals surface area contributed by atoms with Gasteiger partial charge in [-0.2, -0.15) is 12.7 Å². The van der Waals surface area contributed by atoms with Gasteiger partial charge in [0.2, 0.25) is 0 Å². The van der Waals surface area contributed by atoms with Gasteiger partial charge < -0.3 is 5.32 Å². The van der Waals surface area contributed by atoms with E-state index in [-0.39, 0.29) is 15.7 Å². The van der Waals surface area contributed by atoms with Crippen LogP contribution in [-0.4, -0.2) is 39.9 Å². The van der Waals surface area contributed by atoms with Crippen LogP contribution >= 0.6 is 23.2 Å². The smallest absolute Gasteiger partial charge is 0.301 e. The van der Waals surface area contributed by atoms with Crippen molar-refractivity contribution >= 4 is 39.1 Å². The van der Waals surface area contributed by atoms with E-state index in [0.29, 0.717) is 13.0 Å². The molecule has 1 aromatic rings. The van der Waals surface area contributed by atoms with E-state index in [2.05, 4.69) is 10.0 Å². The van der Waals surface area contributed by atoms with Crippen molar-refractivity contribution in [2.24, 2.45) is 0 Å². The zero-order chi connectivity index (χ0) is 14.5. The molecule has 1 rings (SSSR count). The molecule has 0 atom stereocenters. The van der Waals surface area contributed by atoms with E-state index in [1.54, 1.807) is 18.2 Å². The minimum Gasteiger partial charge on any atom is -0.320 e. The first-order valence-corrected chi connectivity index (χ1v) is 7.91. The highest BCUT2D eigenvalue weighted by Crippen LogP contribution is 2.30. The molecule has 0 aliphatic carbocycles. The second-order valence-electron chi connectivity index (χ2n) is 3.98. The number of hydrogen-bond donors (Lipinski definition) is 2. The van der Waals surface area contributed by atoms with E-state index in [4.69, 9.17) is 23.2 Å². The third-order valence-corrected chi connectivity index (χ3v) is 4.60. The Balaban J connectivity index is 2.79. The summed E-state index contributed by atoms with van der Waals surface area (Å²) in [6.07, 6.45) is 0.712. The lowest BCUT2D eigenvalue weighted by atomic mass is 10.3. The van der Waals surface area contributed by atoms with Gasteiger partial charge in [0.25, 0.3) is 0 Å². The van der Waals surface area contributed by atoms with E-state index >= 15 is 0 Å². The van der Waals surface area contributed by atoms with E-state index in [1.807, 2.05) is 7.05 Å². The molecule has 0 bridgehead atoms. The molecule has 0 aliphatic rings. The van der Waals surface area contributed by atoms with Crippen molar-refractivity contribution in [3.05, 3.63) is 28.2 Å². The lowest BCUT2D eigenvalue weighted by molar-refractivity contribution is 0.462. The summed E-state index contributed by atoms with van der Waals surface area (Å²) in [5, 5.41) is 3.49. The first-order valence-electron chi connectivity index (χ1n) is 5.71. The van der Waals surface area contributed by atoms with Gasteiger partial charge in [0.1, 0.15) is 0 Å². The molecule has 5 nitrogen and oxygen atoms in total. The summed E-state index contributed by atoms with van der Waals surface area (Å²) in [5.41, 5.74) is 0.200. The highest BCUT2D eigenvalue weighted by atomic mass is 35.5. The summed E-state index contributed by atoms with van der Waals surface area (Å²) in [6, 6.07) is 4.80. The van der Waals surface area contributed by atoms with Gasteiger partial charge in [-0.3, -0.25) is 4.72 Å². The Hall–Kier alpha value is -0.530. The maximum absolute atomic E-state index is 12.1. The van der Waals surface area contributed by atoms with Gasteiger partial charge in [0.05, 0.1) is 15.7 Å². The van der Waals surface area contributed by atoms with Crippen molar-refractivity contribution in [2.45, 2.75) is 6.42 Å². The third kappa shape index (κ3) is 4.81. The van der Waals surface area contributed by atoms with Crippen LogP contribution in [-0.2, 0) is 10.2 Å². The SMILES string of the molecule is CNCCCN(C)S(=O)(=O)Nc1c(Cl)cccc1Cl. The number of nitrogens with one attached hydrogen (secondary N) is 2. The van der Waals surface area contributed by atoms with Gasteiger partial charge in [0, 0.05) is 13.6 Å². The fraction of sp³-hybridized carbons (Fsp3) is 0.455. The number of anilines is 1. The Labute approximate surface area is 124 Å². The van der Waals surface area contributed by atoms with Crippen LogP contribution in [0.2, 0.25) is 10.0 Å². The molecular formula is C11H17Cl2N3O2S. The molecular weight excluding hydrogens is 309 g/mol. The van der Waals surface area contributed by atoms with Crippen molar-refractivity contribution in [3.63, 3.8) is 0 Å². The second kappa shape index (κ2) is 7.31. The third-order valence-electron chi connectivity index (χ3n) is 2.50. The Morgan fingerprint density at radius 1 is 1.26 bits per heavy atom. The van der Waals surface area contributed by atoms with Crippen molar-refractivity contribution in [1.29, 1.82) is 0 Å². The van der Waals surface area contributed by atoms with Crippen molar-refractivity contribution in [1.82, 2.24) is 9.62 Å². The predicted octanol–water partition coefficient (Wildman–Crippen LogP) is 2.19. The van der Waals surface area contributed by atoms with Crippen molar-refractivity contribution in [2.75, 3.05) is 31.9 Å². The molecule has 0 saturated heterocycles. The number of para-hydroxylation sites is 1. The lowest BCUT2D eigenvalue weighted by Gasteiger charge is -2.19. The molecule has 0 unspecified atom stereocenters. The molecule has 108 valence electrons. The summed E-state index contributed by atoms with van der Waals surface area (Å²) >= 11 is 11.9. The van der Waals surface area contributed by atoms with Gasteiger partial charge in [-0.25, -0.2) is 0 Å². The number of benzene rings is 1. The topological polar surface area (TPSA) is 61.4 Å². The molecule has 0 saturated carbocycles. The zero-order valence-electron chi connectivity index (χ0n) is 10.8. The summed E-state index contributed by atoms with van der Waals surface area (Å²) in [7, 11) is -0.334. The monoisotopic (exact) mass is 325 g/mol. The normalized spacial score (nSPS) is 11.8. The molecule has 0 amide bonds. The number of hydrogen-bond acceptors (Lipinski definition) is 3. The van der Waals surface area contributed by atoms with E-state index < -0.39 is 10.2 Å². The summed E-state index contributed by atoms with van der Waals surface area (Å²) in [6.45, 7) is 1.14. The highest BCUT2D eigenvalue weighted by molar-refractivity contribution is 7.90. The molecule has 19 heavy (non-hydrogen) atoms. The average Bonchev–Trinajstić information content (AvgIpc) is 2.34. The minimum absolute atomic E-state index is 0.200.